The van der Waals surface area contributed by atoms with Crippen molar-refractivity contribution in [2.75, 3.05) is 18.9 Å². The van der Waals surface area contributed by atoms with Crippen molar-refractivity contribution in [3.8, 4) is 10.4 Å². The summed E-state index contributed by atoms with van der Waals surface area (Å²) in [6.07, 6.45) is -1.60. The number of anilines is 2. The molecule has 0 saturated heterocycles. The monoisotopic (exact) mass is 407 g/mol. The second-order valence-corrected chi connectivity index (χ2v) is 7.54. The summed E-state index contributed by atoms with van der Waals surface area (Å²) in [7, 11) is 2.03. The quantitative estimate of drug-likeness (QED) is 0.614. The van der Waals surface area contributed by atoms with Crippen molar-refractivity contribution in [1.82, 2.24) is 19.9 Å². The highest BCUT2D eigenvalue weighted by atomic mass is 32.1. The number of nitrogens with zero attached hydrogens (tertiary/aromatic N) is 4. The van der Waals surface area contributed by atoms with Crippen LogP contribution in [0, 0.1) is 6.92 Å². The minimum absolute atomic E-state index is 0.0964. The number of hydrogen-bond donors (Lipinski definition) is 1. The summed E-state index contributed by atoms with van der Waals surface area (Å²) in [5.74, 6) is -0.0964. The van der Waals surface area contributed by atoms with E-state index in [0.717, 1.165) is 46.4 Å². The van der Waals surface area contributed by atoms with Crippen LogP contribution in [0.3, 0.4) is 0 Å². The second kappa shape index (κ2) is 8.24. The minimum atomic E-state index is -4.51. The Kier molecular flexibility index (Phi) is 5.95. The fraction of sp³-hybridized carbons (Fsp3) is 0.316. The molecule has 0 aliphatic rings. The number of alkyl halides is 3. The number of aryl methyl sites for hydroxylation is 1. The molecule has 0 atom stereocenters. The summed E-state index contributed by atoms with van der Waals surface area (Å²) in [5, 5.41) is 3.88. The van der Waals surface area contributed by atoms with Crippen molar-refractivity contribution in [3.63, 3.8) is 0 Å². The maximum absolute atomic E-state index is 12.8. The van der Waals surface area contributed by atoms with E-state index in [1.54, 1.807) is 11.3 Å². The van der Waals surface area contributed by atoms with Crippen LogP contribution < -0.4 is 5.32 Å². The van der Waals surface area contributed by atoms with Gasteiger partial charge in [-0.25, -0.2) is 15.0 Å². The largest absolute Gasteiger partial charge is 0.433 e. The lowest BCUT2D eigenvalue weighted by Crippen LogP contribution is -2.16. The molecule has 0 amide bonds. The van der Waals surface area contributed by atoms with Gasteiger partial charge in [0.1, 0.15) is 10.7 Å². The van der Waals surface area contributed by atoms with Gasteiger partial charge in [-0.3, -0.25) is 4.90 Å². The SMILES string of the molecule is CCN(C)Cc1ncc(-c2cc(C)cc(Nc3nccc(C(F)(F)F)n3)c2)s1. The molecule has 0 fully saturated rings. The van der Waals surface area contributed by atoms with Crippen LogP contribution in [0.2, 0.25) is 0 Å². The Morgan fingerprint density at radius 1 is 1.18 bits per heavy atom. The van der Waals surface area contributed by atoms with E-state index < -0.39 is 11.9 Å². The Bertz CT molecular complexity index is 955. The van der Waals surface area contributed by atoms with Gasteiger partial charge in [0.15, 0.2) is 0 Å². The van der Waals surface area contributed by atoms with Gasteiger partial charge in [0.25, 0.3) is 0 Å². The molecular formula is C19H20F3N5S. The van der Waals surface area contributed by atoms with Crippen LogP contribution in [0.25, 0.3) is 10.4 Å². The Morgan fingerprint density at radius 2 is 1.96 bits per heavy atom. The van der Waals surface area contributed by atoms with Gasteiger partial charge in [0.2, 0.25) is 5.95 Å². The Balaban J connectivity index is 1.84. The zero-order chi connectivity index (χ0) is 20.3. The van der Waals surface area contributed by atoms with Gasteiger partial charge >= 0.3 is 6.18 Å². The number of nitrogens with one attached hydrogen (secondary N) is 1. The van der Waals surface area contributed by atoms with Crippen molar-refractivity contribution in [3.05, 3.63) is 52.9 Å². The van der Waals surface area contributed by atoms with Crippen molar-refractivity contribution in [2.24, 2.45) is 0 Å². The highest BCUT2D eigenvalue weighted by molar-refractivity contribution is 7.15. The molecule has 5 nitrogen and oxygen atoms in total. The number of benzene rings is 1. The molecule has 0 aliphatic heterocycles. The van der Waals surface area contributed by atoms with Crippen molar-refractivity contribution < 1.29 is 13.2 Å². The van der Waals surface area contributed by atoms with E-state index in [2.05, 4.69) is 32.1 Å². The smallest absolute Gasteiger partial charge is 0.324 e. The van der Waals surface area contributed by atoms with E-state index in [0.29, 0.717) is 5.69 Å². The molecule has 9 heteroatoms. The van der Waals surface area contributed by atoms with Crippen molar-refractivity contribution in [2.45, 2.75) is 26.6 Å². The summed E-state index contributed by atoms with van der Waals surface area (Å²) < 4.78 is 38.5. The molecule has 28 heavy (non-hydrogen) atoms. The minimum Gasteiger partial charge on any atom is -0.324 e. The lowest BCUT2D eigenvalue weighted by molar-refractivity contribution is -0.141. The highest BCUT2D eigenvalue weighted by Crippen LogP contribution is 2.31. The van der Waals surface area contributed by atoms with Gasteiger partial charge in [-0.15, -0.1) is 11.3 Å². The molecular weight excluding hydrogens is 387 g/mol. The Morgan fingerprint density at radius 3 is 2.68 bits per heavy atom. The molecule has 1 aromatic carbocycles. The van der Waals surface area contributed by atoms with E-state index in [9.17, 15) is 13.2 Å². The summed E-state index contributed by atoms with van der Waals surface area (Å²) in [4.78, 5) is 15.1. The third-order valence-electron chi connectivity index (χ3n) is 4.06. The molecule has 1 N–H and O–H groups in total. The fourth-order valence-corrected chi connectivity index (χ4v) is 3.55. The molecule has 2 aromatic heterocycles. The molecule has 3 aromatic rings. The van der Waals surface area contributed by atoms with Crippen LogP contribution in [-0.2, 0) is 12.7 Å². The molecule has 0 saturated carbocycles. The summed E-state index contributed by atoms with van der Waals surface area (Å²) in [6.45, 7) is 5.72. The predicted molar refractivity (Wildman–Crippen MR) is 105 cm³/mol. The zero-order valence-electron chi connectivity index (χ0n) is 15.7. The van der Waals surface area contributed by atoms with Gasteiger partial charge < -0.3 is 5.32 Å². The number of thiazole rings is 1. The van der Waals surface area contributed by atoms with Crippen LogP contribution in [0.1, 0.15) is 23.2 Å². The summed E-state index contributed by atoms with van der Waals surface area (Å²) >= 11 is 1.60. The summed E-state index contributed by atoms with van der Waals surface area (Å²) in [6, 6.07) is 6.55. The standard InChI is InChI=1S/C19H20F3N5S/c1-4-27(3)11-17-24-10-15(28-17)13-7-12(2)8-14(9-13)25-18-23-6-5-16(26-18)19(20,21)22/h5-10H,4,11H2,1-3H3,(H,23,25,26). The van der Waals surface area contributed by atoms with Crippen LogP contribution >= 0.6 is 11.3 Å². The highest BCUT2D eigenvalue weighted by Gasteiger charge is 2.32. The molecule has 0 bridgehead atoms. The number of aromatic nitrogens is 3. The van der Waals surface area contributed by atoms with Gasteiger partial charge in [0.05, 0.1) is 11.4 Å². The molecule has 0 aliphatic carbocycles. The topological polar surface area (TPSA) is 53.9 Å². The predicted octanol–water partition coefficient (Wildman–Crippen LogP) is 5.12. The van der Waals surface area contributed by atoms with Crippen LogP contribution in [-0.4, -0.2) is 33.4 Å². The average Bonchev–Trinajstić information content (AvgIpc) is 3.09. The number of rotatable bonds is 6. The van der Waals surface area contributed by atoms with E-state index in [4.69, 9.17) is 0 Å². The fourth-order valence-electron chi connectivity index (χ4n) is 2.56. The van der Waals surface area contributed by atoms with Crippen LogP contribution in [0.15, 0.2) is 36.7 Å². The maximum Gasteiger partial charge on any atom is 0.433 e. The number of hydrogen-bond acceptors (Lipinski definition) is 6. The Labute approximate surface area is 165 Å². The van der Waals surface area contributed by atoms with E-state index in [1.165, 1.54) is 0 Å². The van der Waals surface area contributed by atoms with Gasteiger partial charge in [-0.2, -0.15) is 13.2 Å². The van der Waals surface area contributed by atoms with Crippen molar-refractivity contribution in [1.29, 1.82) is 0 Å². The van der Waals surface area contributed by atoms with Gasteiger partial charge in [-0.05, 0) is 49.8 Å². The molecule has 148 valence electrons. The van der Waals surface area contributed by atoms with Crippen LogP contribution in [0.4, 0.5) is 24.8 Å². The first-order chi connectivity index (χ1) is 13.2. The average molecular weight is 407 g/mol. The normalized spacial score (nSPS) is 11.8. The molecule has 0 unspecified atom stereocenters. The third-order valence-corrected chi connectivity index (χ3v) is 5.09. The van der Waals surface area contributed by atoms with Gasteiger partial charge in [-0.1, -0.05) is 13.0 Å². The molecule has 2 heterocycles. The van der Waals surface area contributed by atoms with Gasteiger partial charge in [0, 0.05) is 18.1 Å². The molecule has 3 rings (SSSR count). The third kappa shape index (κ3) is 5.05. The first kappa shape index (κ1) is 20.2. The summed E-state index contributed by atoms with van der Waals surface area (Å²) in [5.41, 5.74) is 1.55. The van der Waals surface area contributed by atoms with E-state index in [1.807, 2.05) is 38.4 Å². The molecule has 0 radical (unpaired) electrons. The zero-order valence-corrected chi connectivity index (χ0v) is 16.5. The van der Waals surface area contributed by atoms with Crippen molar-refractivity contribution >= 4 is 23.0 Å². The first-order valence-corrected chi connectivity index (χ1v) is 9.49. The second-order valence-electron chi connectivity index (χ2n) is 6.42. The van der Waals surface area contributed by atoms with Crippen LogP contribution in [0.5, 0.6) is 0 Å². The lowest BCUT2D eigenvalue weighted by Gasteiger charge is -2.11. The number of halogens is 3. The van der Waals surface area contributed by atoms with E-state index in [-0.39, 0.29) is 5.95 Å². The first-order valence-electron chi connectivity index (χ1n) is 8.67. The molecule has 0 spiro atoms. The Hall–Kier alpha value is -2.52. The maximum atomic E-state index is 12.8. The lowest BCUT2D eigenvalue weighted by atomic mass is 10.1. The van der Waals surface area contributed by atoms with E-state index >= 15 is 0 Å².